The number of unbranched alkanes of at least 4 members (excludes halogenated alkanes) is 2. The number of rotatable bonds is 8. The summed E-state index contributed by atoms with van der Waals surface area (Å²) in [5.41, 5.74) is 0. The minimum atomic E-state index is 0.899. The lowest BCUT2D eigenvalue weighted by molar-refractivity contribution is 0.274. The smallest absolute Gasteiger partial charge is 0.0172 e. The van der Waals surface area contributed by atoms with Gasteiger partial charge in [0.1, 0.15) is 0 Å². The quantitative estimate of drug-likeness (QED) is 0.661. The average molecular weight is 244 g/mol. The first-order chi connectivity index (χ1) is 7.86. The van der Waals surface area contributed by atoms with Gasteiger partial charge in [-0.05, 0) is 38.9 Å². The Hall–Kier alpha value is 0.270. The highest BCUT2D eigenvalue weighted by atomic mass is 32.2. The highest BCUT2D eigenvalue weighted by Crippen LogP contribution is 2.21. The molecule has 0 aromatic heterocycles. The van der Waals surface area contributed by atoms with Crippen molar-refractivity contribution < 1.29 is 0 Å². The maximum atomic E-state index is 3.39. The molecule has 1 aliphatic rings. The van der Waals surface area contributed by atoms with Crippen LogP contribution in [0.25, 0.3) is 0 Å². The van der Waals surface area contributed by atoms with Crippen molar-refractivity contribution in [2.24, 2.45) is 0 Å². The van der Waals surface area contributed by atoms with E-state index >= 15 is 0 Å². The molecule has 1 fully saturated rings. The van der Waals surface area contributed by atoms with Crippen LogP contribution in [0.4, 0.5) is 0 Å². The Labute approximate surface area is 106 Å². The first-order valence-corrected chi connectivity index (χ1v) is 7.96. The summed E-state index contributed by atoms with van der Waals surface area (Å²) >= 11 is 2.17. The van der Waals surface area contributed by atoms with Gasteiger partial charge in [-0.2, -0.15) is 11.8 Å². The summed E-state index contributed by atoms with van der Waals surface area (Å²) in [6, 6.07) is 0. The fraction of sp³-hybridized carbons (Fsp3) is 1.00. The zero-order chi connectivity index (χ0) is 11.6. The maximum Gasteiger partial charge on any atom is 0.0172 e. The van der Waals surface area contributed by atoms with Crippen molar-refractivity contribution in [3.8, 4) is 0 Å². The molecule has 1 N–H and O–H groups in total. The Morgan fingerprint density at radius 1 is 1.25 bits per heavy atom. The van der Waals surface area contributed by atoms with Crippen molar-refractivity contribution in [1.29, 1.82) is 0 Å². The van der Waals surface area contributed by atoms with E-state index in [0.717, 1.165) is 11.8 Å². The van der Waals surface area contributed by atoms with Gasteiger partial charge in [-0.3, -0.25) is 0 Å². The van der Waals surface area contributed by atoms with Crippen LogP contribution in [0.3, 0.4) is 0 Å². The van der Waals surface area contributed by atoms with Crippen LogP contribution in [0.2, 0.25) is 0 Å². The summed E-state index contributed by atoms with van der Waals surface area (Å²) in [7, 11) is 0. The van der Waals surface area contributed by atoms with Crippen molar-refractivity contribution in [2.45, 2.75) is 44.8 Å². The van der Waals surface area contributed by atoms with Crippen molar-refractivity contribution >= 4 is 11.8 Å². The molecule has 1 unspecified atom stereocenters. The third-order valence-electron chi connectivity index (χ3n) is 3.26. The van der Waals surface area contributed by atoms with Crippen LogP contribution in [0.5, 0.6) is 0 Å². The summed E-state index contributed by atoms with van der Waals surface area (Å²) < 4.78 is 0. The normalized spacial score (nSPS) is 22.5. The fourth-order valence-corrected chi connectivity index (χ4v) is 3.42. The van der Waals surface area contributed by atoms with E-state index in [9.17, 15) is 0 Å². The van der Waals surface area contributed by atoms with Crippen LogP contribution in [-0.4, -0.2) is 48.6 Å². The molecule has 1 aliphatic heterocycles. The molecule has 16 heavy (non-hydrogen) atoms. The Morgan fingerprint density at radius 2 is 2.12 bits per heavy atom. The molecular weight excluding hydrogens is 216 g/mol. The minimum absolute atomic E-state index is 0.899. The topological polar surface area (TPSA) is 15.3 Å². The predicted octanol–water partition coefficient (Wildman–Crippen LogP) is 2.59. The van der Waals surface area contributed by atoms with Gasteiger partial charge in [-0.1, -0.05) is 20.3 Å². The number of nitrogens with zero attached hydrogens (tertiary/aromatic N) is 1. The van der Waals surface area contributed by atoms with E-state index in [1.165, 1.54) is 57.6 Å². The van der Waals surface area contributed by atoms with E-state index in [1.807, 2.05) is 0 Å². The first-order valence-electron chi connectivity index (χ1n) is 6.91. The van der Waals surface area contributed by atoms with Gasteiger partial charge in [0.05, 0.1) is 0 Å². The zero-order valence-electron chi connectivity index (χ0n) is 11.0. The largest absolute Gasteiger partial charge is 0.317 e. The van der Waals surface area contributed by atoms with Crippen molar-refractivity contribution in [3.63, 3.8) is 0 Å². The van der Waals surface area contributed by atoms with Gasteiger partial charge in [0.25, 0.3) is 0 Å². The molecule has 0 amide bonds. The second-order valence-electron chi connectivity index (χ2n) is 4.62. The van der Waals surface area contributed by atoms with Crippen molar-refractivity contribution in [1.82, 2.24) is 10.2 Å². The Bertz CT molecular complexity index is 164. The van der Waals surface area contributed by atoms with E-state index < -0.39 is 0 Å². The minimum Gasteiger partial charge on any atom is -0.317 e. The molecule has 96 valence electrons. The van der Waals surface area contributed by atoms with Gasteiger partial charge in [-0.25, -0.2) is 0 Å². The fourth-order valence-electron chi connectivity index (χ4n) is 2.17. The number of hydrogen-bond acceptors (Lipinski definition) is 3. The van der Waals surface area contributed by atoms with Crippen molar-refractivity contribution in [3.05, 3.63) is 0 Å². The highest BCUT2D eigenvalue weighted by molar-refractivity contribution is 8.00. The lowest BCUT2D eigenvalue weighted by Gasteiger charge is -2.31. The van der Waals surface area contributed by atoms with Crippen LogP contribution in [0.1, 0.15) is 39.5 Å². The average Bonchev–Trinajstić information content (AvgIpc) is 2.34. The van der Waals surface area contributed by atoms with Gasteiger partial charge in [0.2, 0.25) is 0 Å². The van der Waals surface area contributed by atoms with E-state index in [4.69, 9.17) is 0 Å². The molecule has 1 saturated heterocycles. The molecular formula is C13H28N2S. The molecule has 0 saturated carbocycles. The van der Waals surface area contributed by atoms with Gasteiger partial charge in [0, 0.05) is 24.1 Å². The van der Waals surface area contributed by atoms with Gasteiger partial charge in [0.15, 0.2) is 0 Å². The lowest BCUT2D eigenvalue weighted by atomic mass is 10.2. The summed E-state index contributed by atoms with van der Waals surface area (Å²) in [4.78, 5) is 2.66. The molecule has 2 nitrogen and oxygen atoms in total. The van der Waals surface area contributed by atoms with Gasteiger partial charge < -0.3 is 10.2 Å². The highest BCUT2D eigenvalue weighted by Gasteiger charge is 2.17. The third kappa shape index (κ3) is 6.12. The SMILES string of the molecule is CCNCCCCCN1CCSC(CC)C1. The zero-order valence-corrected chi connectivity index (χ0v) is 11.8. The Morgan fingerprint density at radius 3 is 2.88 bits per heavy atom. The Kier molecular flexibility index (Phi) is 8.34. The monoisotopic (exact) mass is 244 g/mol. The number of nitrogens with one attached hydrogen (secondary N) is 1. The van der Waals surface area contributed by atoms with Crippen LogP contribution in [0.15, 0.2) is 0 Å². The van der Waals surface area contributed by atoms with E-state index in [1.54, 1.807) is 0 Å². The standard InChI is InChI=1S/C13H28N2S/c1-3-13-12-15(10-11-16-13)9-7-5-6-8-14-4-2/h13-14H,3-12H2,1-2H3. The number of hydrogen-bond donors (Lipinski definition) is 1. The number of thioether (sulfide) groups is 1. The van der Waals surface area contributed by atoms with E-state index in [2.05, 4.69) is 35.8 Å². The molecule has 0 radical (unpaired) electrons. The third-order valence-corrected chi connectivity index (χ3v) is 4.63. The lowest BCUT2D eigenvalue weighted by Crippen LogP contribution is -2.38. The van der Waals surface area contributed by atoms with Crippen LogP contribution >= 0.6 is 11.8 Å². The molecule has 1 heterocycles. The Balaban J connectivity index is 1.95. The predicted molar refractivity (Wildman–Crippen MR) is 75.4 cm³/mol. The molecule has 0 aliphatic carbocycles. The van der Waals surface area contributed by atoms with Gasteiger partial charge in [-0.15, -0.1) is 0 Å². The second kappa shape index (κ2) is 9.32. The molecule has 0 spiro atoms. The van der Waals surface area contributed by atoms with Crippen LogP contribution < -0.4 is 5.32 Å². The molecule has 0 aromatic carbocycles. The molecule has 0 aromatic rings. The molecule has 0 bridgehead atoms. The first kappa shape index (κ1) is 14.3. The van der Waals surface area contributed by atoms with E-state index in [0.29, 0.717) is 0 Å². The van der Waals surface area contributed by atoms with Crippen molar-refractivity contribution in [2.75, 3.05) is 38.5 Å². The molecule has 1 rings (SSSR count). The van der Waals surface area contributed by atoms with Crippen LogP contribution in [0, 0.1) is 0 Å². The van der Waals surface area contributed by atoms with Gasteiger partial charge >= 0.3 is 0 Å². The second-order valence-corrected chi connectivity index (χ2v) is 6.02. The summed E-state index contributed by atoms with van der Waals surface area (Å²) in [6.45, 7) is 10.8. The summed E-state index contributed by atoms with van der Waals surface area (Å²) in [5, 5.41) is 4.28. The molecule has 3 heteroatoms. The van der Waals surface area contributed by atoms with Crippen LogP contribution in [-0.2, 0) is 0 Å². The summed E-state index contributed by atoms with van der Waals surface area (Å²) in [5.74, 6) is 1.34. The summed E-state index contributed by atoms with van der Waals surface area (Å²) in [6.07, 6.45) is 5.44. The molecule has 1 atom stereocenters. The maximum absolute atomic E-state index is 3.39. The van der Waals surface area contributed by atoms with E-state index in [-0.39, 0.29) is 0 Å².